The molecule has 1 aliphatic heterocycles. The maximum absolute atomic E-state index is 12.7. The van der Waals surface area contributed by atoms with Crippen LogP contribution in [0, 0.1) is 0 Å². The molecule has 9 heteroatoms. The van der Waals surface area contributed by atoms with Crippen molar-refractivity contribution in [3.63, 3.8) is 0 Å². The molecule has 1 aliphatic rings. The minimum atomic E-state index is -4.38. The van der Waals surface area contributed by atoms with E-state index in [0.29, 0.717) is 36.0 Å². The molecule has 0 amide bonds. The third kappa shape index (κ3) is 5.12. The van der Waals surface area contributed by atoms with Crippen molar-refractivity contribution in [2.75, 3.05) is 36.8 Å². The van der Waals surface area contributed by atoms with E-state index in [-0.39, 0.29) is 0 Å². The molecule has 2 aromatic carbocycles. The van der Waals surface area contributed by atoms with E-state index >= 15 is 0 Å². The average molecular weight is 444 g/mol. The van der Waals surface area contributed by atoms with Crippen molar-refractivity contribution in [2.45, 2.75) is 12.4 Å². The summed E-state index contributed by atoms with van der Waals surface area (Å²) in [5.41, 5.74) is 6.62. The number of aliphatic hydroxyl groups is 1. The van der Waals surface area contributed by atoms with Gasteiger partial charge in [0, 0.05) is 26.2 Å². The molecule has 1 aromatic heterocycles. The lowest BCUT2D eigenvalue weighted by atomic mass is 10.1. The number of nitrogens with zero attached hydrogens (tertiary/aromatic N) is 3. The summed E-state index contributed by atoms with van der Waals surface area (Å²) in [6.45, 7) is 2.85. The van der Waals surface area contributed by atoms with Gasteiger partial charge in [0.05, 0.1) is 17.4 Å². The Morgan fingerprint density at radius 3 is 2.00 bits per heavy atom. The summed E-state index contributed by atoms with van der Waals surface area (Å²) in [5.74, 6) is 1.26. The number of aliphatic hydroxyl groups excluding tert-OH is 1. The lowest BCUT2D eigenvalue weighted by Crippen LogP contribution is -2.47. The molecule has 4 rings (SSSR count). The fourth-order valence-corrected chi connectivity index (χ4v) is 3.58. The summed E-state index contributed by atoms with van der Waals surface area (Å²) in [6.07, 6.45) is -3.40. The molecule has 32 heavy (non-hydrogen) atoms. The first kappa shape index (κ1) is 21.9. The average Bonchev–Trinajstić information content (AvgIpc) is 2.80. The third-order valence-corrected chi connectivity index (χ3v) is 5.39. The third-order valence-electron chi connectivity index (χ3n) is 5.39. The van der Waals surface area contributed by atoms with Crippen LogP contribution >= 0.6 is 0 Å². The zero-order chi connectivity index (χ0) is 22.7. The topological polar surface area (TPSA) is 74.9 Å². The Hall–Kier alpha value is -3.30. The minimum absolute atomic E-state index is 0.305. The largest absolute Gasteiger partial charge is 0.457 e. The monoisotopic (exact) mass is 444 g/mol. The first-order chi connectivity index (χ1) is 15.3. The van der Waals surface area contributed by atoms with Gasteiger partial charge in [0.25, 0.3) is 0 Å². The van der Waals surface area contributed by atoms with Crippen LogP contribution in [-0.4, -0.2) is 41.2 Å². The molecule has 0 aliphatic carbocycles. The fraction of sp³-hybridized carbons (Fsp3) is 0.261. The number of halogens is 3. The Morgan fingerprint density at radius 1 is 0.875 bits per heavy atom. The molecule has 1 saturated heterocycles. The predicted octanol–water partition coefficient (Wildman–Crippen LogP) is 4.29. The molecule has 3 aromatic rings. The van der Waals surface area contributed by atoms with Gasteiger partial charge in [-0.25, -0.2) is 4.98 Å². The molecule has 6 nitrogen and oxygen atoms in total. The highest BCUT2D eigenvalue weighted by molar-refractivity contribution is 5.48. The van der Waals surface area contributed by atoms with E-state index in [1.807, 2.05) is 11.0 Å². The number of rotatable bonds is 5. The SMILES string of the molecule is Nc1ccc(N2CCN(C(O)c3ccc(Oc4ccc(C(F)(F)F)cc4)cc3)CC2)cn1. The van der Waals surface area contributed by atoms with Crippen LogP contribution in [0.3, 0.4) is 0 Å². The summed E-state index contributed by atoms with van der Waals surface area (Å²) in [4.78, 5) is 8.29. The Morgan fingerprint density at radius 2 is 1.47 bits per heavy atom. The standard InChI is InChI=1S/C23H23F3N4O2/c24-23(25,26)17-3-8-20(9-4-17)32-19-6-1-16(2-7-19)22(31)30-13-11-29(12-14-30)18-5-10-21(27)28-15-18/h1-10,15,22,31H,11-14H2,(H2,27,28). The predicted molar refractivity (Wildman–Crippen MR) is 115 cm³/mol. The van der Waals surface area contributed by atoms with Crippen LogP contribution in [0.5, 0.6) is 11.5 Å². The molecular weight excluding hydrogens is 421 g/mol. The normalized spacial score (nSPS) is 16.1. The molecule has 2 heterocycles. The van der Waals surface area contributed by atoms with Crippen LogP contribution in [0.2, 0.25) is 0 Å². The van der Waals surface area contributed by atoms with Gasteiger partial charge in [-0.2, -0.15) is 13.2 Å². The molecule has 0 spiro atoms. The maximum atomic E-state index is 12.7. The summed E-state index contributed by atoms with van der Waals surface area (Å²) < 4.78 is 43.6. The first-order valence-electron chi connectivity index (χ1n) is 10.1. The first-order valence-corrected chi connectivity index (χ1v) is 10.1. The number of aromatic nitrogens is 1. The van der Waals surface area contributed by atoms with Gasteiger partial charge >= 0.3 is 6.18 Å². The number of pyridine rings is 1. The highest BCUT2D eigenvalue weighted by atomic mass is 19.4. The molecule has 0 radical (unpaired) electrons. The van der Waals surface area contributed by atoms with E-state index in [4.69, 9.17) is 10.5 Å². The van der Waals surface area contributed by atoms with Gasteiger partial charge in [0.2, 0.25) is 0 Å². The number of hydrogen-bond donors (Lipinski definition) is 2. The van der Waals surface area contributed by atoms with Crippen molar-refractivity contribution < 1.29 is 23.0 Å². The zero-order valence-corrected chi connectivity index (χ0v) is 17.2. The van der Waals surface area contributed by atoms with Crippen LogP contribution in [0.15, 0.2) is 66.9 Å². The minimum Gasteiger partial charge on any atom is -0.457 e. The Kier molecular flexibility index (Phi) is 6.20. The number of nitrogens with two attached hydrogens (primary N) is 1. The number of ether oxygens (including phenoxy) is 1. The van der Waals surface area contributed by atoms with E-state index in [1.54, 1.807) is 36.5 Å². The van der Waals surface area contributed by atoms with E-state index in [1.165, 1.54) is 12.1 Å². The van der Waals surface area contributed by atoms with Crippen molar-refractivity contribution in [1.29, 1.82) is 0 Å². The van der Waals surface area contributed by atoms with E-state index in [0.717, 1.165) is 30.9 Å². The van der Waals surface area contributed by atoms with Gasteiger partial charge in [-0.05, 0) is 54.1 Å². The lowest BCUT2D eigenvalue weighted by Gasteiger charge is -2.38. The molecule has 168 valence electrons. The number of alkyl halides is 3. The van der Waals surface area contributed by atoms with Crippen molar-refractivity contribution in [1.82, 2.24) is 9.88 Å². The lowest BCUT2D eigenvalue weighted by molar-refractivity contribution is -0.137. The summed E-state index contributed by atoms with van der Waals surface area (Å²) in [5, 5.41) is 10.8. The van der Waals surface area contributed by atoms with Gasteiger partial charge in [-0.15, -0.1) is 0 Å². The van der Waals surface area contributed by atoms with E-state index in [2.05, 4.69) is 9.88 Å². The quantitative estimate of drug-likeness (QED) is 0.612. The molecule has 1 unspecified atom stereocenters. The summed E-state index contributed by atoms with van der Waals surface area (Å²) in [7, 11) is 0. The number of hydrogen-bond acceptors (Lipinski definition) is 6. The Bertz CT molecular complexity index is 1020. The number of piperazine rings is 1. The molecule has 0 bridgehead atoms. The molecule has 3 N–H and O–H groups in total. The second-order valence-electron chi connectivity index (χ2n) is 7.53. The Labute approximate surface area is 183 Å². The van der Waals surface area contributed by atoms with Crippen molar-refractivity contribution in [2.24, 2.45) is 0 Å². The van der Waals surface area contributed by atoms with Crippen LogP contribution in [0.4, 0.5) is 24.7 Å². The molecular formula is C23H23F3N4O2. The van der Waals surface area contributed by atoms with Crippen LogP contribution in [0.1, 0.15) is 17.4 Å². The van der Waals surface area contributed by atoms with Crippen LogP contribution in [0.25, 0.3) is 0 Å². The van der Waals surface area contributed by atoms with E-state index < -0.39 is 18.0 Å². The number of benzene rings is 2. The maximum Gasteiger partial charge on any atom is 0.416 e. The fourth-order valence-electron chi connectivity index (χ4n) is 3.58. The second kappa shape index (κ2) is 9.05. The van der Waals surface area contributed by atoms with Gasteiger partial charge < -0.3 is 20.5 Å². The van der Waals surface area contributed by atoms with Gasteiger partial charge in [0.1, 0.15) is 23.5 Å². The number of nitrogen functional groups attached to an aromatic ring is 1. The number of anilines is 2. The van der Waals surface area contributed by atoms with Crippen LogP contribution < -0.4 is 15.4 Å². The van der Waals surface area contributed by atoms with Gasteiger partial charge in [-0.3, -0.25) is 4.90 Å². The van der Waals surface area contributed by atoms with Crippen molar-refractivity contribution in [3.8, 4) is 11.5 Å². The van der Waals surface area contributed by atoms with E-state index in [9.17, 15) is 18.3 Å². The molecule has 0 saturated carbocycles. The highest BCUT2D eigenvalue weighted by Crippen LogP contribution is 2.32. The van der Waals surface area contributed by atoms with Crippen LogP contribution in [-0.2, 0) is 6.18 Å². The van der Waals surface area contributed by atoms with Crippen molar-refractivity contribution in [3.05, 3.63) is 78.0 Å². The molecule has 1 fully saturated rings. The summed E-state index contributed by atoms with van der Waals surface area (Å²) >= 11 is 0. The smallest absolute Gasteiger partial charge is 0.416 e. The second-order valence-corrected chi connectivity index (χ2v) is 7.53. The highest BCUT2D eigenvalue weighted by Gasteiger charge is 2.30. The summed E-state index contributed by atoms with van der Waals surface area (Å²) in [6, 6.07) is 15.1. The van der Waals surface area contributed by atoms with Gasteiger partial charge in [0.15, 0.2) is 0 Å². The zero-order valence-electron chi connectivity index (χ0n) is 17.2. The Balaban J connectivity index is 1.33. The van der Waals surface area contributed by atoms with Crippen molar-refractivity contribution >= 4 is 11.5 Å². The van der Waals surface area contributed by atoms with Gasteiger partial charge in [-0.1, -0.05) is 12.1 Å². The molecule has 1 atom stereocenters.